The van der Waals surface area contributed by atoms with E-state index in [9.17, 15) is 9.18 Å². The van der Waals surface area contributed by atoms with Crippen LogP contribution in [-0.4, -0.2) is 41.8 Å². The maximum atomic E-state index is 14.6. The van der Waals surface area contributed by atoms with Crippen LogP contribution in [0.1, 0.15) is 58.0 Å². The molecule has 0 unspecified atom stereocenters. The lowest BCUT2D eigenvalue weighted by Crippen LogP contribution is -2.17. The fourth-order valence-electron chi connectivity index (χ4n) is 7.08. The molecule has 0 radical (unpaired) electrons. The van der Waals surface area contributed by atoms with Crippen molar-refractivity contribution in [2.24, 2.45) is 0 Å². The standard InChI is InChI=1S/C40H35FN4O4/c1-22-8-7-10-29(39-43-31-21-25(41)13-17-32(31)45(39)26-14-15-26)36(22)44-40(46)35-27-9-5-6-11-30(27)42-37-24(12-16-28(35)37)18-23-19-33(47-2)38(49-4)34(20-23)48-3/h5-11,13,17-21,26H,12,14-16H2,1-4H3,(H,44,46)/b24-18+. The zero-order valence-electron chi connectivity index (χ0n) is 27.8. The Morgan fingerprint density at radius 2 is 1.67 bits per heavy atom. The molecule has 1 fully saturated rings. The number of aryl methyl sites for hydroxylation is 1. The number of fused-ring (bicyclic) bond motifs is 3. The van der Waals surface area contributed by atoms with Crippen molar-refractivity contribution in [1.29, 1.82) is 0 Å². The first-order chi connectivity index (χ1) is 23.9. The second kappa shape index (κ2) is 12.1. The smallest absolute Gasteiger partial charge is 0.256 e. The summed E-state index contributed by atoms with van der Waals surface area (Å²) in [5, 5.41) is 4.10. The first-order valence-electron chi connectivity index (χ1n) is 16.4. The van der Waals surface area contributed by atoms with E-state index in [1.165, 1.54) is 12.1 Å². The number of hydrogen-bond acceptors (Lipinski definition) is 6. The predicted octanol–water partition coefficient (Wildman–Crippen LogP) is 8.80. The third-order valence-corrected chi connectivity index (χ3v) is 9.51. The molecule has 2 aliphatic carbocycles. The number of allylic oxidation sites excluding steroid dienone is 1. The van der Waals surface area contributed by atoms with Crippen molar-refractivity contribution in [3.63, 3.8) is 0 Å². The topological polar surface area (TPSA) is 87.5 Å². The fourth-order valence-corrected chi connectivity index (χ4v) is 7.08. The van der Waals surface area contributed by atoms with Gasteiger partial charge in [-0.15, -0.1) is 0 Å². The van der Waals surface area contributed by atoms with Crippen LogP contribution in [0.3, 0.4) is 0 Å². The van der Waals surface area contributed by atoms with E-state index in [-0.39, 0.29) is 17.8 Å². The molecule has 0 bridgehead atoms. The van der Waals surface area contributed by atoms with Crippen LogP contribution >= 0.6 is 0 Å². The summed E-state index contributed by atoms with van der Waals surface area (Å²) in [5.41, 5.74) is 8.85. The van der Waals surface area contributed by atoms with Crippen molar-refractivity contribution in [2.75, 3.05) is 26.6 Å². The number of methoxy groups -OCH3 is 3. The third kappa shape index (κ3) is 5.26. The van der Waals surface area contributed by atoms with E-state index in [0.717, 1.165) is 68.6 Å². The number of benzene rings is 4. The van der Waals surface area contributed by atoms with E-state index in [0.29, 0.717) is 46.9 Å². The van der Waals surface area contributed by atoms with Gasteiger partial charge in [-0.1, -0.05) is 30.3 Å². The van der Waals surface area contributed by atoms with Gasteiger partial charge < -0.3 is 24.1 Å². The lowest BCUT2D eigenvalue weighted by Gasteiger charge is -2.17. The number of rotatable bonds is 8. The summed E-state index contributed by atoms with van der Waals surface area (Å²) in [6.07, 6.45) is 5.52. The molecule has 0 spiro atoms. The predicted molar refractivity (Wildman–Crippen MR) is 190 cm³/mol. The molecule has 0 aliphatic heterocycles. The number of para-hydroxylation sites is 2. The summed E-state index contributed by atoms with van der Waals surface area (Å²) in [6.45, 7) is 1.98. The molecule has 8 nitrogen and oxygen atoms in total. The Kier molecular flexibility index (Phi) is 7.55. The number of hydrogen-bond donors (Lipinski definition) is 1. The van der Waals surface area contributed by atoms with Gasteiger partial charge in [0, 0.05) is 23.1 Å². The number of halogens is 1. The number of nitrogens with zero attached hydrogens (tertiary/aromatic N) is 3. The number of carbonyl (C=O) groups excluding carboxylic acids is 1. The third-order valence-electron chi connectivity index (χ3n) is 9.51. The van der Waals surface area contributed by atoms with Crippen LogP contribution in [0, 0.1) is 12.7 Å². The van der Waals surface area contributed by atoms with E-state index >= 15 is 0 Å². The Hall–Kier alpha value is -5.70. The Bertz CT molecular complexity index is 2310. The maximum Gasteiger partial charge on any atom is 0.256 e. The molecule has 6 aromatic rings. The van der Waals surface area contributed by atoms with Gasteiger partial charge in [-0.3, -0.25) is 4.79 Å². The Morgan fingerprint density at radius 1 is 0.898 bits per heavy atom. The molecule has 0 saturated heterocycles. The quantitative estimate of drug-likeness (QED) is 0.177. The van der Waals surface area contributed by atoms with Gasteiger partial charge in [-0.05, 0) is 97.3 Å². The van der Waals surface area contributed by atoms with Gasteiger partial charge in [-0.25, -0.2) is 14.4 Å². The number of nitrogens with one attached hydrogen (secondary N) is 1. The summed E-state index contributed by atoms with van der Waals surface area (Å²) < 4.78 is 33.1. The number of carbonyl (C=O) groups is 1. The van der Waals surface area contributed by atoms with Gasteiger partial charge in [0.05, 0.1) is 54.8 Å². The molecule has 1 amide bonds. The molecule has 1 N–H and O–H groups in total. The lowest BCUT2D eigenvalue weighted by molar-refractivity contribution is 0.102. The molecule has 9 heteroatoms. The summed E-state index contributed by atoms with van der Waals surface area (Å²) in [6, 6.07) is 22.6. The molecule has 8 rings (SSSR count). The summed E-state index contributed by atoms with van der Waals surface area (Å²) in [4.78, 5) is 24.6. The largest absolute Gasteiger partial charge is 0.493 e. The molecule has 4 aromatic carbocycles. The minimum absolute atomic E-state index is 0.209. The van der Waals surface area contributed by atoms with Crippen LogP contribution in [0.25, 0.3) is 45.0 Å². The van der Waals surface area contributed by atoms with Crippen LogP contribution < -0.4 is 19.5 Å². The molecular weight excluding hydrogens is 619 g/mol. The first-order valence-corrected chi connectivity index (χ1v) is 16.4. The monoisotopic (exact) mass is 654 g/mol. The lowest BCUT2D eigenvalue weighted by atomic mass is 9.99. The van der Waals surface area contributed by atoms with E-state index in [4.69, 9.17) is 24.2 Å². The van der Waals surface area contributed by atoms with E-state index in [1.54, 1.807) is 27.4 Å². The van der Waals surface area contributed by atoms with E-state index in [1.807, 2.05) is 61.5 Å². The zero-order valence-corrected chi connectivity index (χ0v) is 27.8. The van der Waals surface area contributed by atoms with Crippen LogP contribution in [0.5, 0.6) is 17.2 Å². The highest BCUT2D eigenvalue weighted by Crippen LogP contribution is 2.45. The molecular formula is C40H35FN4O4. The number of pyridine rings is 1. The van der Waals surface area contributed by atoms with Crippen LogP contribution in [0.2, 0.25) is 0 Å². The summed E-state index contributed by atoms with van der Waals surface area (Å²) in [7, 11) is 4.77. The number of amides is 1. The van der Waals surface area contributed by atoms with Crippen LogP contribution in [0.15, 0.2) is 72.8 Å². The highest BCUT2D eigenvalue weighted by Gasteiger charge is 2.31. The number of anilines is 1. The Balaban J connectivity index is 1.23. The summed E-state index contributed by atoms with van der Waals surface area (Å²) >= 11 is 0. The van der Waals surface area contributed by atoms with Gasteiger partial charge in [0.25, 0.3) is 5.91 Å². The van der Waals surface area contributed by atoms with E-state index in [2.05, 4.69) is 16.0 Å². The second-order valence-electron chi connectivity index (χ2n) is 12.6. The van der Waals surface area contributed by atoms with Crippen molar-refractivity contribution in [3.8, 4) is 28.6 Å². The number of imidazole rings is 1. The highest BCUT2D eigenvalue weighted by atomic mass is 19.1. The van der Waals surface area contributed by atoms with Crippen molar-refractivity contribution in [3.05, 3.63) is 107 Å². The first kappa shape index (κ1) is 30.6. The molecule has 49 heavy (non-hydrogen) atoms. The molecule has 1 saturated carbocycles. The molecule has 0 atom stereocenters. The Morgan fingerprint density at radius 3 is 2.41 bits per heavy atom. The Labute approximate surface area is 283 Å². The van der Waals surface area contributed by atoms with Crippen LogP contribution in [-0.2, 0) is 6.42 Å². The van der Waals surface area contributed by atoms with Crippen LogP contribution in [0.4, 0.5) is 10.1 Å². The normalized spacial score (nSPS) is 14.8. The molecule has 2 aliphatic rings. The van der Waals surface area contributed by atoms with Gasteiger partial charge in [0.1, 0.15) is 11.6 Å². The van der Waals surface area contributed by atoms with Crippen molar-refractivity contribution < 1.29 is 23.4 Å². The zero-order chi connectivity index (χ0) is 33.8. The molecule has 2 aromatic heterocycles. The minimum Gasteiger partial charge on any atom is -0.493 e. The maximum absolute atomic E-state index is 14.6. The van der Waals surface area contributed by atoms with E-state index < -0.39 is 0 Å². The average molecular weight is 655 g/mol. The SMILES string of the molecule is COc1cc(/C=C2\CCc3c2nc2ccccc2c3C(=O)Nc2c(C)cccc2-c2nc3cc(F)ccc3n2C2CC2)cc(OC)c1OC. The van der Waals surface area contributed by atoms with Gasteiger partial charge in [-0.2, -0.15) is 0 Å². The molecule has 2 heterocycles. The van der Waals surface area contributed by atoms with Crippen molar-refractivity contribution >= 4 is 45.2 Å². The highest BCUT2D eigenvalue weighted by molar-refractivity contribution is 6.16. The summed E-state index contributed by atoms with van der Waals surface area (Å²) in [5.74, 6) is 1.84. The fraction of sp³-hybridized carbons (Fsp3) is 0.225. The molecule has 246 valence electrons. The van der Waals surface area contributed by atoms with Gasteiger partial charge in [0.15, 0.2) is 11.5 Å². The minimum atomic E-state index is -0.325. The van der Waals surface area contributed by atoms with Gasteiger partial charge in [0.2, 0.25) is 5.75 Å². The van der Waals surface area contributed by atoms with Crippen molar-refractivity contribution in [1.82, 2.24) is 14.5 Å². The van der Waals surface area contributed by atoms with Gasteiger partial charge >= 0.3 is 0 Å². The average Bonchev–Trinajstić information content (AvgIpc) is 3.78. The second-order valence-corrected chi connectivity index (χ2v) is 12.6. The number of ether oxygens (including phenoxy) is 3. The van der Waals surface area contributed by atoms with Crippen molar-refractivity contribution in [2.45, 2.75) is 38.6 Å². The number of aromatic nitrogens is 3.